The van der Waals surface area contributed by atoms with E-state index in [0.29, 0.717) is 6.04 Å². The summed E-state index contributed by atoms with van der Waals surface area (Å²) in [4.78, 5) is 13.6. The van der Waals surface area contributed by atoms with Crippen LogP contribution in [-0.2, 0) is 9.53 Å². The lowest BCUT2D eigenvalue weighted by atomic mass is 9.93. The largest absolute Gasteiger partial charge is 0.368 e. The molecule has 1 N–H and O–H groups in total. The number of likely N-dealkylation sites (N-methyl/N-ethyl adjacent to an activating group) is 1. The molecule has 4 heteroatoms. The van der Waals surface area contributed by atoms with Crippen molar-refractivity contribution in [1.82, 2.24) is 10.2 Å². The quantitative estimate of drug-likeness (QED) is 0.755. The van der Waals surface area contributed by atoms with Crippen LogP contribution < -0.4 is 5.32 Å². The van der Waals surface area contributed by atoms with Gasteiger partial charge in [-0.25, -0.2) is 0 Å². The molecular formula is C14H28N2O2. The van der Waals surface area contributed by atoms with E-state index in [9.17, 15) is 4.79 Å². The van der Waals surface area contributed by atoms with Gasteiger partial charge in [0.05, 0.1) is 6.10 Å². The van der Waals surface area contributed by atoms with Crippen molar-refractivity contribution in [3.05, 3.63) is 0 Å². The van der Waals surface area contributed by atoms with E-state index >= 15 is 0 Å². The van der Waals surface area contributed by atoms with Crippen LogP contribution in [0.5, 0.6) is 0 Å². The van der Waals surface area contributed by atoms with Gasteiger partial charge in [-0.2, -0.15) is 0 Å². The van der Waals surface area contributed by atoms with Crippen molar-refractivity contribution in [3.63, 3.8) is 0 Å². The van der Waals surface area contributed by atoms with Crippen LogP contribution in [0.2, 0.25) is 0 Å². The molecule has 1 aliphatic carbocycles. The highest BCUT2D eigenvalue weighted by molar-refractivity contribution is 5.77. The molecule has 0 aromatic carbocycles. The second kappa shape index (κ2) is 8.48. The summed E-state index contributed by atoms with van der Waals surface area (Å²) in [6.45, 7) is 8.98. The van der Waals surface area contributed by atoms with E-state index in [1.54, 1.807) is 0 Å². The normalized spacial score (nSPS) is 23.9. The highest BCUT2D eigenvalue weighted by atomic mass is 16.5. The Bertz CT molecular complexity index is 234. The molecule has 0 atom stereocenters. The SMILES string of the molecule is CCNC1CCC(OCC(=O)N(CC)CC)CC1. The minimum Gasteiger partial charge on any atom is -0.368 e. The fourth-order valence-electron chi connectivity index (χ4n) is 2.58. The van der Waals surface area contributed by atoms with Crippen LogP contribution in [0.4, 0.5) is 0 Å². The molecule has 4 nitrogen and oxygen atoms in total. The first-order valence-corrected chi connectivity index (χ1v) is 7.33. The summed E-state index contributed by atoms with van der Waals surface area (Å²) in [5, 5.41) is 3.48. The summed E-state index contributed by atoms with van der Waals surface area (Å²) in [7, 11) is 0. The zero-order valence-electron chi connectivity index (χ0n) is 12.1. The third-order valence-electron chi connectivity index (χ3n) is 3.73. The van der Waals surface area contributed by atoms with E-state index in [4.69, 9.17) is 4.74 Å². The molecule has 0 spiro atoms. The third kappa shape index (κ3) is 4.94. The number of ether oxygens (including phenoxy) is 1. The first-order chi connectivity index (χ1) is 8.71. The van der Waals surface area contributed by atoms with Crippen LogP contribution >= 0.6 is 0 Å². The molecule has 0 aromatic rings. The maximum absolute atomic E-state index is 11.8. The highest BCUT2D eigenvalue weighted by Crippen LogP contribution is 2.21. The number of amides is 1. The van der Waals surface area contributed by atoms with Crippen molar-refractivity contribution in [1.29, 1.82) is 0 Å². The van der Waals surface area contributed by atoms with Crippen molar-refractivity contribution in [2.75, 3.05) is 26.2 Å². The van der Waals surface area contributed by atoms with Crippen molar-refractivity contribution < 1.29 is 9.53 Å². The molecule has 1 aliphatic rings. The molecule has 0 saturated heterocycles. The number of nitrogens with one attached hydrogen (secondary N) is 1. The molecule has 1 saturated carbocycles. The van der Waals surface area contributed by atoms with Crippen LogP contribution in [0.3, 0.4) is 0 Å². The lowest BCUT2D eigenvalue weighted by molar-refractivity contribution is -0.138. The van der Waals surface area contributed by atoms with Crippen molar-refractivity contribution in [3.8, 4) is 0 Å². The van der Waals surface area contributed by atoms with Gasteiger partial charge in [-0.3, -0.25) is 4.79 Å². The first-order valence-electron chi connectivity index (χ1n) is 7.33. The van der Waals surface area contributed by atoms with E-state index in [-0.39, 0.29) is 18.6 Å². The number of carbonyl (C=O) groups is 1. The Balaban J connectivity index is 2.19. The molecule has 0 heterocycles. The molecule has 0 unspecified atom stereocenters. The summed E-state index contributed by atoms with van der Waals surface area (Å²) >= 11 is 0. The summed E-state index contributed by atoms with van der Waals surface area (Å²) in [6.07, 6.45) is 4.75. The number of hydrogen-bond acceptors (Lipinski definition) is 3. The minimum absolute atomic E-state index is 0.119. The maximum atomic E-state index is 11.8. The Hall–Kier alpha value is -0.610. The minimum atomic E-state index is 0.119. The Morgan fingerprint density at radius 3 is 2.28 bits per heavy atom. The lowest BCUT2D eigenvalue weighted by Crippen LogP contribution is -2.38. The molecule has 1 fully saturated rings. The first kappa shape index (κ1) is 15.4. The standard InChI is InChI=1S/C14H28N2O2/c1-4-15-12-7-9-13(10-8-12)18-11-14(17)16(5-2)6-3/h12-13,15H,4-11H2,1-3H3. The topological polar surface area (TPSA) is 41.6 Å². The van der Waals surface area contributed by atoms with E-state index in [1.807, 2.05) is 18.7 Å². The summed E-state index contributed by atoms with van der Waals surface area (Å²) < 4.78 is 5.74. The molecule has 18 heavy (non-hydrogen) atoms. The van der Waals surface area contributed by atoms with Gasteiger partial charge in [0.1, 0.15) is 6.61 Å². The van der Waals surface area contributed by atoms with E-state index in [0.717, 1.165) is 45.3 Å². The van der Waals surface area contributed by atoms with Crippen LogP contribution in [-0.4, -0.2) is 49.2 Å². The Morgan fingerprint density at radius 1 is 1.17 bits per heavy atom. The smallest absolute Gasteiger partial charge is 0.248 e. The average Bonchev–Trinajstić information content (AvgIpc) is 2.40. The predicted molar refractivity (Wildman–Crippen MR) is 73.6 cm³/mol. The van der Waals surface area contributed by atoms with Crippen LogP contribution in [0, 0.1) is 0 Å². The zero-order valence-corrected chi connectivity index (χ0v) is 12.1. The fraction of sp³-hybridized carbons (Fsp3) is 0.929. The van der Waals surface area contributed by atoms with Gasteiger partial charge < -0.3 is 15.0 Å². The van der Waals surface area contributed by atoms with Crippen LogP contribution in [0.25, 0.3) is 0 Å². The van der Waals surface area contributed by atoms with Gasteiger partial charge in [0.2, 0.25) is 5.91 Å². The molecule has 1 rings (SSSR count). The summed E-state index contributed by atoms with van der Waals surface area (Å²) in [5.41, 5.74) is 0. The zero-order chi connectivity index (χ0) is 13.4. The van der Waals surface area contributed by atoms with Crippen molar-refractivity contribution >= 4 is 5.91 Å². The van der Waals surface area contributed by atoms with Gasteiger partial charge in [-0.1, -0.05) is 6.92 Å². The number of hydrogen-bond donors (Lipinski definition) is 1. The second-order valence-corrected chi connectivity index (χ2v) is 4.91. The van der Waals surface area contributed by atoms with E-state index < -0.39 is 0 Å². The van der Waals surface area contributed by atoms with E-state index in [2.05, 4.69) is 12.2 Å². The second-order valence-electron chi connectivity index (χ2n) is 4.91. The number of rotatable bonds is 7. The molecular weight excluding hydrogens is 228 g/mol. The predicted octanol–water partition coefficient (Wildman–Crippen LogP) is 1.79. The maximum Gasteiger partial charge on any atom is 0.248 e. The van der Waals surface area contributed by atoms with E-state index in [1.165, 1.54) is 0 Å². The van der Waals surface area contributed by atoms with Crippen molar-refractivity contribution in [2.24, 2.45) is 0 Å². The fourth-order valence-corrected chi connectivity index (χ4v) is 2.58. The number of carbonyl (C=O) groups excluding carboxylic acids is 1. The van der Waals surface area contributed by atoms with Gasteiger partial charge in [0.25, 0.3) is 0 Å². The third-order valence-corrected chi connectivity index (χ3v) is 3.73. The average molecular weight is 256 g/mol. The van der Waals surface area contributed by atoms with Gasteiger partial charge in [-0.05, 0) is 46.1 Å². The van der Waals surface area contributed by atoms with Gasteiger partial charge >= 0.3 is 0 Å². The molecule has 0 aliphatic heterocycles. The Labute approximate surface area is 111 Å². The van der Waals surface area contributed by atoms with Crippen LogP contribution in [0.1, 0.15) is 46.5 Å². The molecule has 0 radical (unpaired) electrons. The molecule has 1 amide bonds. The van der Waals surface area contributed by atoms with Crippen molar-refractivity contribution in [2.45, 2.75) is 58.6 Å². The van der Waals surface area contributed by atoms with Crippen LogP contribution in [0.15, 0.2) is 0 Å². The monoisotopic (exact) mass is 256 g/mol. The lowest BCUT2D eigenvalue weighted by Gasteiger charge is -2.29. The van der Waals surface area contributed by atoms with Gasteiger partial charge in [0, 0.05) is 19.1 Å². The number of nitrogens with zero attached hydrogens (tertiary/aromatic N) is 1. The highest BCUT2D eigenvalue weighted by Gasteiger charge is 2.22. The van der Waals surface area contributed by atoms with Gasteiger partial charge in [0.15, 0.2) is 0 Å². The summed E-state index contributed by atoms with van der Waals surface area (Å²) in [5.74, 6) is 0.119. The molecule has 0 aromatic heterocycles. The molecule has 0 bridgehead atoms. The van der Waals surface area contributed by atoms with Gasteiger partial charge in [-0.15, -0.1) is 0 Å². The Morgan fingerprint density at radius 2 is 1.78 bits per heavy atom. The summed E-state index contributed by atoms with van der Waals surface area (Å²) in [6, 6.07) is 0.647. The molecule has 106 valence electrons. The Kier molecular flexibility index (Phi) is 7.28.